The van der Waals surface area contributed by atoms with Crippen molar-refractivity contribution in [3.63, 3.8) is 0 Å². The molecule has 5 heteroatoms. The van der Waals surface area contributed by atoms with Gasteiger partial charge >= 0.3 is 7.12 Å². The summed E-state index contributed by atoms with van der Waals surface area (Å²) in [6, 6.07) is 9.77. The Morgan fingerprint density at radius 1 is 1.10 bits per heavy atom. The summed E-state index contributed by atoms with van der Waals surface area (Å²) in [5.74, 6) is 0. The van der Waals surface area contributed by atoms with E-state index in [0.717, 1.165) is 16.4 Å². The fourth-order valence-corrected chi connectivity index (χ4v) is 2.46. The number of hydrogen-bond donors (Lipinski definition) is 0. The van der Waals surface area contributed by atoms with E-state index in [4.69, 9.17) is 9.31 Å². The molecule has 2 heterocycles. The van der Waals surface area contributed by atoms with Gasteiger partial charge in [0.1, 0.15) is 0 Å². The Balaban J connectivity index is 2.13. The molecule has 3 rings (SSSR count). The first kappa shape index (κ1) is 14.1. The van der Waals surface area contributed by atoms with E-state index in [-0.39, 0.29) is 0 Å². The van der Waals surface area contributed by atoms with Gasteiger partial charge in [-0.2, -0.15) is 5.26 Å². The smallest absolute Gasteiger partial charge is 0.399 e. The summed E-state index contributed by atoms with van der Waals surface area (Å²) in [6.45, 7) is 8.01. The van der Waals surface area contributed by atoms with Gasteiger partial charge in [0, 0.05) is 17.0 Å². The molecule has 0 N–H and O–H groups in total. The second-order valence-electron chi connectivity index (χ2n) is 6.30. The van der Waals surface area contributed by atoms with Crippen LogP contribution in [0.15, 0.2) is 30.5 Å². The van der Waals surface area contributed by atoms with E-state index in [0.29, 0.717) is 5.56 Å². The zero-order valence-electron chi connectivity index (χ0n) is 12.7. The molecule has 0 atom stereocenters. The van der Waals surface area contributed by atoms with Crippen molar-refractivity contribution in [1.29, 1.82) is 5.26 Å². The summed E-state index contributed by atoms with van der Waals surface area (Å²) in [5, 5.41) is 10.4. The first-order chi connectivity index (χ1) is 9.86. The fraction of sp³-hybridized carbons (Fsp3) is 0.375. The Kier molecular flexibility index (Phi) is 3.05. The van der Waals surface area contributed by atoms with Crippen molar-refractivity contribution in [3.05, 3.63) is 36.0 Å². The van der Waals surface area contributed by atoms with Crippen LogP contribution in [0.3, 0.4) is 0 Å². The maximum absolute atomic E-state index is 9.55. The third-order valence-corrected chi connectivity index (χ3v) is 4.44. The quantitative estimate of drug-likeness (QED) is 0.753. The van der Waals surface area contributed by atoms with Gasteiger partial charge in [-0.25, -0.2) is 0 Å². The van der Waals surface area contributed by atoms with E-state index in [1.54, 1.807) is 6.20 Å². The molecule has 0 spiro atoms. The minimum absolute atomic E-state index is 0.422. The van der Waals surface area contributed by atoms with Crippen molar-refractivity contribution in [3.8, 4) is 6.07 Å². The zero-order chi connectivity index (χ0) is 15.3. The highest BCUT2D eigenvalue weighted by molar-refractivity contribution is 6.63. The van der Waals surface area contributed by atoms with Crippen LogP contribution in [0.5, 0.6) is 0 Å². The summed E-state index contributed by atoms with van der Waals surface area (Å²) in [4.78, 5) is 4.28. The molecule has 4 nitrogen and oxygen atoms in total. The van der Waals surface area contributed by atoms with Crippen molar-refractivity contribution >= 4 is 23.5 Å². The molecule has 1 aromatic carbocycles. The third-order valence-electron chi connectivity index (χ3n) is 4.44. The molecule has 0 unspecified atom stereocenters. The van der Waals surface area contributed by atoms with Crippen LogP contribution in [-0.4, -0.2) is 23.3 Å². The number of benzene rings is 1. The van der Waals surface area contributed by atoms with E-state index in [2.05, 4.69) is 11.1 Å². The summed E-state index contributed by atoms with van der Waals surface area (Å²) in [5.41, 5.74) is 1.29. The van der Waals surface area contributed by atoms with Gasteiger partial charge in [0.25, 0.3) is 0 Å². The lowest BCUT2D eigenvalue weighted by molar-refractivity contribution is 0.00578. The van der Waals surface area contributed by atoms with Crippen LogP contribution >= 0.6 is 0 Å². The van der Waals surface area contributed by atoms with Gasteiger partial charge in [-0.05, 0) is 45.9 Å². The summed E-state index contributed by atoms with van der Waals surface area (Å²) >= 11 is 0. The van der Waals surface area contributed by atoms with E-state index < -0.39 is 18.3 Å². The monoisotopic (exact) mass is 280 g/mol. The van der Waals surface area contributed by atoms with Crippen LogP contribution in [0, 0.1) is 11.3 Å². The van der Waals surface area contributed by atoms with Crippen LogP contribution in [0.1, 0.15) is 33.3 Å². The molecule has 1 aliphatic rings. The summed E-state index contributed by atoms with van der Waals surface area (Å²) < 4.78 is 12.1. The van der Waals surface area contributed by atoms with Gasteiger partial charge in [0.05, 0.1) is 28.4 Å². The van der Waals surface area contributed by atoms with Crippen molar-refractivity contribution in [2.45, 2.75) is 38.9 Å². The Hall–Kier alpha value is -1.90. The first-order valence-electron chi connectivity index (χ1n) is 6.99. The molecule has 1 aromatic heterocycles. The summed E-state index contributed by atoms with van der Waals surface area (Å²) in [7, 11) is -0.533. The number of fused-ring (bicyclic) bond motifs is 1. The predicted octanol–water partition coefficient (Wildman–Crippen LogP) is 2.41. The Morgan fingerprint density at radius 2 is 1.76 bits per heavy atom. The molecule has 1 aliphatic heterocycles. The normalized spacial score (nSPS) is 19.7. The van der Waals surface area contributed by atoms with Crippen molar-refractivity contribution in [2.75, 3.05) is 0 Å². The zero-order valence-corrected chi connectivity index (χ0v) is 12.7. The molecule has 106 valence electrons. The van der Waals surface area contributed by atoms with Crippen LogP contribution in [0.25, 0.3) is 10.9 Å². The highest BCUT2D eigenvalue weighted by Crippen LogP contribution is 2.37. The lowest BCUT2D eigenvalue weighted by Crippen LogP contribution is -2.41. The minimum Gasteiger partial charge on any atom is -0.399 e. The Labute approximate surface area is 124 Å². The Morgan fingerprint density at radius 3 is 2.38 bits per heavy atom. The van der Waals surface area contributed by atoms with Gasteiger partial charge in [0.2, 0.25) is 0 Å². The largest absolute Gasteiger partial charge is 0.496 e. The summed E-state index contributed by atoms with van der Waals surface area (Å²) in [6.07, 6.45) is 1.72. The van der Waals surface area contributed by atoms with E-state index in [1.165, 1.54) is 0 Å². The van der Waals surface area contributed by atoms with E-state index >= 15 is 0 Å². The fourth-order valence-electron chi connectivity index (χ4n) is 2.46. The van der Waals surface area contributed by atoms with Crippen LogP contribution in [0.2, 0.25) is 0 Å². The van der Waals surface area contributed by atoms with Crippen LogP contribution < -0.4 is 5.46 Å². The highest BCUT2D eigenvalue weighted by atomic mass is 16.7. The first-order valence-corrected chi connectivity index (χ1v) is 6.99. The molecule has 0 radical (unpaired) electrons. The third kappa shape index (κ3) is 2.12. The predicted molar refractivity (Wildman–Crippen MR) is 82.2 cm³/mol. The van der Waals surface area contributed by atoms with Crippen molar-refractivity contribution in [2.24, 2.45) is 0 Å². The average Bonchev–Trinajstić information content (AvgIpc) is 2.66. The lowest BCUT2D eigenvalue weighted by Gasteiger charge is -2.32. The maximum Gasteiger partial charge on any atom is 0.496 e. The molecule has 1 saturated heterocycles. The minimum atomic E-state index is -0.533. The second kappa shape index (κ2) is 4.55. The molecule has 2 aromatic rings. The van der Waals surface area contributed by atoms with Gasteiger partial charge in [-0.1, -0.05) is 6.07 Å². The van der Waals surface area contributed by atoms with Crippen LogP contribution in [0.4, 0.5) is 0 Å². The highest BCUT2D eigenvalue weighted by Gasteiger charge is 2.52. The molecular weight excluding hydrogens is 263 g/mol. The number of pyridine rings is 1. The molecular formula is C16H17BN2O2. The number of rotatable bonds is 1. The number of aromatic nitrogens is 1. The standard InChI is InChI=1S/C16H17BN2O2/c1-15(2)16(3,4)21-17(20-15)13-7-8-14-11(12(13)10-18)6-5-9-19-14/h5-9H,1-4H3. The molecule has 0 aliphatic carbocycles. The topological polar surface area (TPSA) is 55.1 Å². The van der Waals surface area contributed by atoms with Gasteiger partial charge in [-0.3, -0.25) is 4.98 Å². The van der Waals surface area contributed by atoms with E-state index in [1.807, 2.05) is 52.0 Å². The number of nitriles is 1. The van der Waals surface area contributed by atoms with Gasteiger partial charge in [0.15, 0.2) is 0 Å². The number of hydrogen-bond acceptors (Lipinski definition) is 4. The Bertz CT molecular complexity index is 734. The lowest BCUT2D eigenvalue weighted by atomic mass is 9.75. The second-order valence-corrected chi connectivity index (χ2v) is 6.30. The average molecular weight is 280 g/mol. The van der Waals surface area contributed by atoms with Crippen molar-refractivity contribution in [1.82, 2.24) is 4.98 Å². The maximum atomic E-state index is 9.55. The molecule has 0 saturated carbocycles. The molecule has 0 bridgehead atoms. The van der Waals surface area contributed by atoms with E-state index in [9.17, 15) is 5.26 Å². The molecule has 0 amide bonds. The van der Waals surface area contributed by atoms with Crippen LogP contribution in [-0.2, 0) is 9.31 Å². The SMILES string of the molecule is CC1(C)OB(c2ccc3ncccc3c2C#N)OC1(C)C. The molecule has 21 heavy (non-hydrogen) atoms. The molecule has 1 fully saturated rings. The van der Waals surface area contributed by atoms with Crippen molar-refractivity contribution < 1.29 is 9.31 Å². The number of nitrogens with zero attached hydrogens (tertiary/aromatic N) is 2. The van der Waals surface area contributed by atoms with Gasteiger partial charge < -0.3 is 9.31 Å². The van der Waals surface area contributed by atoms with Gasteiger partial charge in [-0.15, -0.1) is 0 Å².